The van der Waals surface area contributed by atoms with Gasteiger partial charge >= 0.3 is 0 Å². The second-order valence-electron chi connectivity index (χ2n) is 4.72. The van der Waals surface area contributed by atoms with Crippen molar-refractivity contribution in [3.63, 3.8) is 0 Å². The van der Waals surface area contributed by atoms with Crippen molar-refractivity contribution in [2.24, 2.45) is 5.92 Å². The molecule has 0 radical (unpaired) electrons. The van der Waals surface area contributed by atoms with Gasteiger partial charge in [0.25, 0.3) is 5.91 Å². The number of hydrogen-bond acceptors (Lipinski definition) is 3. The number of furan rings is 1. The summed E-state index contributed by atoms with van der Waals surface area (Å²) in [6.07, 6.45) is 3.73. The Morgan fingerprint density at radius 1 is 1.53 bits per heavy atom. The van der Waals surface area contributed by atoms with Crippen LogP contribution in [0.5, 0.6) is 0 Å². The molecule has 2 atom stereocenters. The van der Waals surface area contributed by atoms with Crippen molar-refractivity contribution < 1.29 is 9.21 Å². The summed E-state index contributed by atoms with van der Waals surface area (Å²) in [4.78, 5) is 14.3. The monoisotopic (exact) mass is 254 g/mol. The predicted molar refractivity (Wildman–Crippen MR) is 64.1 cm³/mol. The summed E-state index contributed by atoms with van der Waals surface area (Å²) in [5.41, 5.74) is 0. The molecule has 0 saturated carbocycles. The molecular weight excluding hydrogens is 240 g/mol. The second kappa shape index (κ2) is 4.35. The van der Waals surface area contributed by atoms with Gasteiger partial charge in [-0.25, -0.2) is 0 Å². The van der Waals surface area contributed by atoms with Gasteiger partial charge in [0, 0.05) is 25.7 Å². The summed E-state index contributed by atoms with van der Waals surface area (Å²) in [5.74, 6) is 0.791. The van der Waals surface area contributed by atoms with Crippen molar-refractivity contribution in [2.45, 2.75) is 18.9 Å². The number of carbonyl (C=O) groups is 1. The molecular formula is C12H15ClN2O2. The first-order valence-corrected chi connectivity index (χ1v) is 6.40. The highest BCUT2D eigenvalue weighted by Gasteiger charge is 2.38. The van der Waals surface area contributed by atoms with Gasteiger partial charge in [-0.05, 0) is 24.8 Å². The van der Waals surface area contributed by atoms with Crippen LogP contribution in [0, 0.1) is 5.92 Å². The van der Waals surface area contributed by atoms with Crippen LogP contribution in [0.2, 0.25) is 5.02 Å². The van der Waals surface area contributed by atoms with E-state index in [0.29, 0.717) is 17.0 Å². The lowest BCUT2D eigenvalue weighted by Gasteiger charge is -2.36. The third kappa shape index (κ3) is 1.85. The van der Waals surface area contributed by atoms with E-state index in [1.165, 1.54) is 12.7 Å². The molecule has 2 saturated heterocycles. The van der Waals surface area contributed by atoms with E-state index in [0.717, 1.165) is 26.1 Å². The van der Waals surface area contributed by atoms with Crippen molar-refractivity contribution in [3.05, 3.63) is 23.1 Å². The zero-order valence-electron chi connectivity index (χ0n) is 9.49. The Hall–Kier alpha value is -1.00. The van der Waals surface area contributed by atoms with E-state index in [9.17, 15) is 4.79 Å². The molecule has 3 heterocycles. The fourth-order valence-corrected chi connectivity index (χ4v) is 3.07. The number of nitrogens with one attached hydrogen (secondary N) is 1. The topological polar surface area (TPSA) is 45.5 Å². The molecule has 1 aromatic heterocycles. The molecule has 2 aliphatic heterocycles. The summed E-state index contributed by atoms with van der Waals surface area (Å²) in [7, 11) is 0. The molecule has 0 spiro atoms. The first-order chi connectivity index (χ1) is 8.27. The van der Waals surface area contributed by atoms with Crippen LogP contribution < -0.4 is 5.32 Å². The average Bonchev–Trinajstić information content (AvgIpc) is 2.95. The molecule has 5 heteroatoms. The van der Waals surface area contributed by atoms with Gasteiger partial charge in [0.1, 0.15) is 0 Å². The molecule has 2 fully saturated rings. The second-order valence-corrected chi connectivity index (χ2v) is 5.13. The number of amides is 1. The van der Waals surface area contributed by atoms with Gasteiger partial charge in [-0.2, -0.15) is 0 Å². The summed E-state index contributed by atoms with van der Waals surface area (Å²) in [6, 6.07) is 1.92. The number of likely N-dealkylation sites (tertiary alicyclic amines) is 1. The van der Waals surface area contributed by atoms with Crippen molar-refractivity contribution >= 4 is 17.5 Å². The molecule has 17 heavy (non-hydrogen) atoms. The van der Waals surface area contributed by atoms with Gasteiger partial charge in [0.2, 0.25) is 5.76 Å². The van der Waals surface area contributed by atoms with Gasteiger partial charge in [-0.1, -0.05) is 11.6 Å². The normalized spacial score (nSPS) is 28.2. The summed E-state index contributed by atoms with van der Waals surface area (Å²) in [5, 5.41) is 3.76. The highest BCUT2D eigenvalue weighted by atomic mass is 35.5. The van der Waals surface area contributed by atoms with Crippen molar-refractivity contribution in [1.29, 1.82) is 0 Å². The first kappa shape index (κ1) is 11.1. The largest absolute Gasteiger partial charge is 0.458 e. The first-order valence-electron chi connectivity index (χ1n) is 6.02. The number of halogens is 1. The minimum Gasteiger partial charge on any atom is -0.458 e. The number of nitrogens with zero attached hydrogens (tertiary/aromatic N) is 1. The standard InChI is InChI=1S/C12H15ClN2O2/c13-9-3-5-17-11(9)12(16)15-4-1-2-8-6-14-7-10(8)15/h3,5,8,10,14H,1-2,4,6-7H2. The lowest BCUT2D eigenvalue weighted by Crippen LogP contribution is -2.48. The number of piperidine rings is 1. The van der Waals surface area contributed by atoms with E-state index in [1.54, 1.807) is 6.07 Å². The lowest BCUT2D eigenvalue weighted by atomic mass is 9.92. The van der Waals surface area contributed by atoms with Gasteiger partial charge in [-0.3, -0.25) is 4.79 Å². The smallest absolute Gasteiger partial charge is 0.291 e. The maximum Gasteiger partial charge on any atom is 0.291 e. The summed E-state index contributed by atoms with van der Waals surface area (Å²) < 4.78 is 5.18. The van der Waals surface area contributed by atoms with Gasteiger partial charge < -0.3 is 14.6 Å². The van der Waals surface area contributed by atoms with Crippen LogP contribution in [0.25, 0.3) is 0 Å². The van der Waals surface area contributed by atoms with Crippen LogP contribution in [-0.2, 0) is 0 Å². The van der Waals surface area contributed by atoms with Gasteiger partial charge in [0.15, 0.2) is 0 Å². The molecule has 1 amide bonds. The molecule has 1 aromatic rings. The Bertz CT molecular complexity index is 432. The molecule has 3 rings (SSSR count). The fourth-order valence-electron chi connectivity index (χ4n) is 2.90. The maximum absolute atomic E-state index is 12.3. The SMILES string of the molecule is O=C(c1occc1Cl)N1CCCC2CNCC21. The van der Waals surface area contributed by atoms with E-state index >= 15 is 0 Å². The molecule has 0 aromatic carbocycles. The van der Waals surface area contributed by atoms with Crippen LogP contribution in [0.3, 0.4) is 0 Å². The van der Waals surface area contributed by atoms with Crippen LogP contribution in [-0.4, -0.2) is 36.5 Å². The summed E-state index contributed by atoms with van der Waals surface area (Å²) in [6.45, 7) is 2.70. The molecule has 92 valence electrons. The maximum atomic E-state index is 12.3. The van der Waals surface area contributed by atoms with Gasteiger partial charge in [-0.15, -0.1) is 0 Å². The Labute approximate surface area is 105 Å². The molecule has 4 nitrogen and oxygen atoms in total. The Morgan fingerprint density at radius 3 is 3.18 bits per heavy atom. The van der Waals surface area contributed by atoms with E-state index < -0.39 is 0 Å². The zero-order chi connectivity index (χ0) is 11.8. The van der Waals surface area contributed by atoms with Gasteiger partial charge in [0.05, 0.1) is 11.3 Å². The van der Waals surface area contributed by atoms with Crippen LogP contribution in [0.4, 0.5) is 0 Å². The average molecular weight is 255 g/mol. The minimum absolute atomic E-state index is 0.0709. The number of hydrogen-bond donors (Lipinski definition) is 1. The molecule has 1 N–H and O–H groups in total. The molecule has 0 aliphatic carbocycles. The number of carbonyl (C=O) groups excluding carboxylic acids is 1. The zero-order valence-corrected chi connectivity index (χ0v) is 10.2. The van der Waals surface area contributed by atoms with E-state index in [4.69, 9.17) is 16.0 Å². The molecule has 0 bridgehead atoms. The highest BCUT2D eigenvalue weighted by molar-refractivity contribution is 6.33. The van der Waals surface area contributed by atoms with Crippen LogP contribution >= 0.6 is 11.6 Å². The quantitative estimate of drug-likeness (QED) is 0.831. The van der Waals surface area contributed by atoms with E-state index in [2.05, 4.69) is 5.32 Å². The third-order valence-corrected chi connectivity index (χ3v) is 4.05. The van der Waals surface area contributed by atoms with Crippen molar-refractivity contribution in [3.8, 4) is 0 Å². The molecule has 2 aliphatic rings. The third-order valence-electron chi connectivity index (χ3n) is 3.75. The minimum atomic E-state index is -0.0709. The number of rotatable bonds is 1. The Balaban J connectivity index is 1.83. The summed E-state index contributed by atoms with van der Waals surface area (Å²) >= 11 is 5.94. The fraction of sp³-hybridized carbons (Fsp3) is 0.583. The Morgan fingerprint density at radius 2 is 2.41 bits per heavy atom. The number of fused-ring (bicyclic) bond motifs is 1. The highest BCUT2D eigenvalue weighted by Crippen LogP contribution is 2.29. The van der Waals surface area contributed by atoms with Crippen LogP contribution in [0.1, 0.15) is 23.4 Å². The van der Waals surface area contributed by atoms with Crippen molar-refractivity contribution in [1.82, 2.24) is 10.2 Å². The van der Waals surface area contributed by atoms with E-state index in [-0.39, 0.29) is 11.7 Å². The molecule has 2 unspecified atom stereocenters. The van der Waals surface area contributed by atoms with Crippen molar-refractivity contribution in [2.75, 3.05) is 19.6 Å². The van der Waals surface area contributed by atoms with E-state index in [1.807, 2.05) is 4.90 Å². The lowest BCUT2D eigenvalue weighted by molar-refractivity contribution is 0.0543. The Kier molecular flexibility index (Phi) is 2.84. The predicted octanol–water partition coefficient (Wildman–Crippen LogP) is 1.76. The van der Waals surface area contributed by atoms with Crippen LogP contribution in [0.15, 0.2) is 16.7 Å².